The zero-order chi connectivity index (χ0) is 13.8. The Morgan fingerprint density at radius 3 is 2.63 bits per heavy atom. The fraction of sp³-hybridized carbons (Fsp3) is 0.267. The van der Waals surface area contributed by atoms with Crippen LogP contribution >= 0.6 is 0 Å². The Hall–Kier alpha value is -2.23. The zero-order valence-corrected chi connectivity index (χ0v) is 11.6. The van der Waals surface area contributed by atoms with Crippen molar-refractivity contribution in [3.05, 3.63) is 47.5 Å². The summed E-state index contributed by atoms with van der Waals surface area (Å²) in [5, 5.41) is 0. The van der Waals surface area contributed by atoms with Crippen LogP contribution in [0.1, 0.15) is 11.1 Å². The Labute approximate surface area is 113 Å². The molecule has 19 heavy (non-hydrogen) atoms. The molecule has 0 aliphatic carbocycles. The first-order valence-electron chi connectivity index (χ1n) is 6.18. The molecular weight excluding hydrogens is 238 g/mol. The fourth-order valence-corrected chi connectivity index (χ4v) is 1.98. The van der Waals surface area contributed by atoms with Crippen molar-refractivity contribution in [2.75, 3.05) is 24.8 Å². The quantitative estimate of drug-likeness (QED) is 0.914. The number of hydrogen-bond acceptors (Lipinski definition) is 4. The smallest absolute Gasteiger partial charge is 0.215 e. The van der Waals surface area contributed by atoms with Crippen LogP contribution in [0.2, 0.25) is 0 Å². The maximum atomic E-state index is 5.98. The number of ether oxygens (including phenoxy) is 1. The topological polar surface area (TPSA) is 51.4 Å². The summed E-state index contributed by atoms with van der Waals surface area (Å²) in [6.45, 7) is 2.86. The largest absolute Gasteiger partial charge is 0.481 e. The third-order valence-corrected chi connectivity index (χ3v) is 3.12. The lowest BCUT2D eigenvalue weighted by Gasteiger charge is -2.21. The van der Waals surface area contributed by atoms with Crippen LogP contribution < -0.4 is 15.4 Å². The lowest BCUT2D eigenvalue weighted by molar-refractivity contribution is 0.398. The van der Waals surface area contributed by atoms with Crippen molar-refractivity contribution in [3.63, 3.8) is 0 Å². The molecule has 0 aliphatic rings. The van der Waals surface area contributed by atoms with Crippen LogP contribution in [0.3, 0.4) is 0 Å². The highest BCUT2D eigenvalue weighted by molar-refractivity contribution is 5.63. The van der Waals surface area contributed by atoms with Crippen LogP contribution in [0.15, 0.2) is 36.4 Å². The van der Waals surface area contributed by atoms with Crippen LogP contribution in [0.4, 0.5) is 11.5 Å². The SMILES string of the molecule is COc1ccc(N)c(N(C)Cc2ccccc2C)n1. The Morgan fingerprint density at radius 2 is 1.95 bits per heavy atom. The molecule has 4 heteroatoms. The normalized spacial score (nSPS) is 10.3. The summed E-state index contributed by atoms with van der Waals surface area (Å²) in [7, 11) is 3.58. The van der Waals surface area contributed by atoms with E-state index >= 15 is 0 Å². The number of anilines is 2. The van der Waals surface area contributed by atoms with E-state index in [-0.39, 0.29) is 0 Å². The summed E-state index contributed by atoms with van der Waals surface area (Å²) in [6.07, 6.45) is 0. The molecular formula is C15H19N3O. The molecule has 1 heterocycles. The second-order valence-electron chi connectivity index (χ2n) is 4.55. The summed E-state index contributed by atoms with van der Waals surface area (Å²) in [5.41, 5.74) is 9.15. The van der Waals surface area contributed by atoms with E-state index in [2.05, 4.69) is 24.0 Å². The third kappa shape index (κ3) is 2.96. The highest BCUT2D eigenvalue weighted by Gasteiger charge is 2.10. The van der Waals surface area contributed by atoms with Gasteiger partial charge in [-0.15, -0.1) is 0 Å². The van der Waals surface area contributed by atoms with E-state index in [9.17, 15) is 0 Å². The molecule has 100 valence electrons. The number of rotatable bonds is 4. The zero-order valence-electron chi connectivity index (χ0n) is 11.6. The fourth-order valence-electron chi connectivity index (χ4n) is 1.98. The second-order valence-corrected chi connectivity index (χ2v) is 4.55. The minimum atomic E-state index is 0.570. The number of benzene rings is 1. The molecule has 2 N–H and O–H groups in total. The monoisotopic (exact) mass is 257 g/mol. The molecule has 0 unspecified atom stereocenters. The Morgan fingerprint density at radius 1 is 1.21 bits per heavy atom. The number of nitrogen functional groups attached to an aromatic ring is 1. The molecule has 0 amide bonds. The predicted octanol–water partition coefficient (Wildman–Crippen LogP) is 2.62. The summed E-state index contributed by atoms with van der Waals surface area (Å²) in [6, 6.07) is 11.9. The van der Waals surface area contributed by atoms with Crippen LogP contribution in [-0.4, -0.2) is 19.1 Å². The Kier molecular flexibility index (Phi) is 3.90. The Bertz CT molecular complexity index is 569. The first-order valence-corrected chi connectivity index (χ1v) is 6.18. The van der Waals surface area contributed by atoms with Crippen molar-refractivity contribution >= 4 is 11.5 Å². The maximum absolute atomic E-state index is 5.98. The summed E-state index contributed by atoms with van der Waals surface area (Å²) in [4.78, 5) is 6.42. The van der Waals surface area contributed by atoms with Crippen molar-refractivity contribution in [2.24, 2.45) is 0 Å². The van der Waals surface area contributed by atoms with E-state index in [0.29, 0.717) is 11.6 Å². The van der Waals surface area contributed by atoms with Gasteiger partial charge in [-0.3, -0.25) is 0 Å². The van der Waals surface area contributed by atoms with Gasteiger partial charge in [0.25, 0.3) is 0 Å². The highest BCUT2D eigenvalue weighted by Crippen LogP contribution is 2.24. The summed E-state index contributed by atoms with van der Waals surface area (Å²) >= 11 is 0. The average Bonchev–Trinajstić information content (AvgIpc) is 2.42. The van der Waals surface area contributed by atoms with Gasteiger partial charge in [0.05, 0.1) is 12.8 Å². The van der Waals surface area contributed by atoms with E-state index in [0.717, 1.165) is 12.4 Å². The number of nitrogens with zero attached hydrogens (tertiary/aromatic N) is 2. The van der Waals surface area contributed by atoms with Crippen molar-refractivity contribution < 1.29 is 4.74 Å². The van der Waals surface area contributed by atoms with Gasteiger partial charge in [-0.25, -0.2) is 0 Å². The molecule has 0 spiro atoms. The van der Waals surface area contributed by atoms with Crippen molar-refractivity contribution in [1.29, 1.82) is 0 Å². The Balaban J connectivity index is 2.25. The predicted molar refractivity (Wildman–Crippen MR) is 78.5 cm³/mol. The molecule has 0 radical (unpaired) electrons. The first kappa shape index (κ1) is 13.2. The van der Waals surface area contributed by atoms with E-state index in [4.69, 9.17) is 10.5 Å². The van der Waals surface area contributed by atoms with Gasteiger partial charge in [0, 0.05) is 19.7 Å². The van der Waals surface area contributed by atoms with Crippen molar-refractivity contribution in [3.8, 4) is 5.88 Å². The van der Waals surface area contributed by atoms with Crippen molar-refractivity contribution in [2.45, 2.75) is 13.5 Å². The number of hydrogen-bond donors (Lipinski definition) is 1. The van der Waals surface area contributed by atoms with Gasteiger partial charge >= 0.3 is 0 Å². The van der Waals surface area contributed by atoms with Gasteiger partial charge in [0.1, 0.15) is 0 Å². The molecule has 1 aromatic heterocycles. The van der Waals surface area contributed by atoms with E-state index < -0.39 is 0 Å². The second kappa shape index (κ2) is 5.61. The molecule has 0 aliphatic heterocycles. The lowest BCUT2D eigenvalue weighted by atomic mass is 10.1. The van der Waals surface area contributed by atoms with E-state index in [1.165, 1.54) is 11.1 Å². The molecule has 2 rings (SSSR count). The molecule has 4 nitrogen and oxygen atoms in total. The summed E-state index contributed by atoms with van der Waals surface area (Å²) in [5.74, 6) is 1.31. The number of pyridine rings is 1. The van der Waals surface area contributed by atoms with Crippen LogP contribution in [0.25, 0.3) is 0 Å². The molecule has 0 bridgehead atoms. The highest BCUT2D eigenvalue weighted by atomic mass is 16.5. The molecule has 2 aromatic rings. The third-order valence-electron chi connectivity index (χ3n) is 3.12. The molecule has 0 saturated carbocycles. The molecule has 0 atom stereocenters. The van der Waals surface area contributed by atoms with Gasteiger partial charge in [0.15, 0.2) is 5.82 Å². The maximum Gasteiger partial charge on any atom is 0.215 e. The molecule has 0 fully saturated rings. The van der Waals surface area contributed by atoms with Gasteiger partial charge in [-0.05, 0) is 24.1 Å². The van der Waals surface area contributed by atoms with Crippen LogP contribution in [0.5, 0.6) is 5.88 Å². The molecule has 1 aromatic carbocycles. The lowest BCUT2D eigenvalue weighted by Crippen LogP contribution is -2.20. The minimum absolute atomic E-state index is 0.570. The van der Waals surface area contributed by atoms with Crippen LogP contribution in [-0.2, 0) is 6.54 Å². The van der Waals surface area contributed by atoms with Gasteiger partial charge in [-0.1, -0.05) is 24.3 Å². The van der Waals surface area contributed by atoms with Gasteiger partial charge in [-0.2, -0.15) is 4.98 Å². The van der Waals surface area contributed by atoms with Gasteiger partial charge in [0.2, 0.25) is 5.88 Å². The van der Waals surface area contributed by atoms with Crippen LogP contribution in [0, 0.1) is 6.92 Å². The van der Waals surface area contributed by atoms with Gasteiger partial charge < -0.3 is 15.4 Å². The summed E-state index contributed by atoms with van der Waals surface area (Å²) < 4.78 is 5.14. The number of aryl methyl sites for hydroxylation is 1. The number of methoxy groups -OCH3 is 1. The minimum Gasteiger partial charge on any atom is -0.481 e. The molecule has 0 saturated heterocycles. The van der Waals surface area contributed by atoms with E-state index in [1.807, 2.05) is 30.1 Å². The van der Waals surface area contributed by atoms with E-state index in [1.54, 1.807) is 13.2 Å². The average molecular weight is 257 g/mol. The number of nitrogens with two attached hydrogens (primary N) is 1. The standard InChI is InChI=1S/C15H19N3O/c1-11-6-4-5-7-12(11)10-18(2)15-13(16)8-9-14(17-15)19-3/h4-9H,10,16H2,1-3H3. The van der Waals surface area contributed by atoms with Crippen molar-refractivity contribution in [1.82, 2.24) is 4.98 Å². The first-order chi connectivity index (χ1) is 9.11. The number of aromatic nitrogens is 1.